The zero-order valence-corrected chi connectivity index (χ0v) is 14.0. The van der Waals surface area contributed by atoms with E-state index < -0.39 is 16.0 Å². The Hall–Kier alpha value is -0.960. The lowest BCUT2D eigenvalue weighted by atomic mass is 10.1. The minimum Gasteiger partial charge on any atom is -0.477 e. The molecule has 0 aliphatic carbocycles. The van der Waals surface area contributed by atoms with Gasteiger partial charge in [0.15, 0.2) is 0 Å². The van der Waals surface area contributed by atoms with E-state index in [1.54, 1.807) is 0 Å². The molecule has 1 aromatic heterocycles. The van der Waals surface area contributed by atoms with Crippen molar-refractivity contribution in [1.82, 2.24) is 9.21 Å². The first-order chi connectivity index (χ1) is 9.62. The topological polar surface area (TPSA) is 77.9 Å². The second kappa shape index (κ2) is 5.68. The lowest BCUT2D eigenvalue weighted by Gasteiger charge is -2.41. The van der Waals surface area contributed by atoms with Gasteiger partial charge in [0, 0.05) is 37.1 Å². The number of carboxylic acid groups (broad SMARTS) is 1. The summed E-state index contributed by atoms with van der Waals surface area (Å²) < 4.78 is 26.4. The Morgan fingerprint density at radius 1 is 1.24 bits per heavy atom. The number of rotatable bonds is 3. The Morgan fingerprint density at radius 3 is 2.24 bits per heavy atom. The number of carboxylic acids is 1. The molecule has 6 nitrogen and oxygen atoms in total. The molecule has 1 aromatic rings. The molecular weight excluding hydrogens is 312 g/mol. The van der Waals surface area contributed by atoms with Crippen LogP contribution in [-0.2, 0) is 10.0 Å². The van der Waals surface area contributed by atoms with Gasteiger partial charge in [-0.2, -0.15) is 4.31 Å². The van der Waals surface area contributed by atoms with Gasteiger partial charge in [0.05, 0.1) is 4.90 Å². The van der Waals surface area contributed by atoms with Gasteiger partial charge in [-0.25, -0.2) is 13.2 Å². The van der Waals surface area contributed by atoms with Crippen molar-refractivity contribution in [1.29, 1.82) is 0 Å². The van der Waals surface area contributed by atoms with Crippen molar-refractivity contribution in [3.05, 3.63) is 16.3 Å². The molecule has 2 heterocycles. The fourth-order valence-corrected chi connectivity index (χ4v) is 4.84. The van der Waals surface area contributed by atoms with Crippen LogP contribution in [0.25, 0.3) is 0 Å². The fourth-order valence-electron chi connectivity index (χ4n) is 2.31. The van der Waals surface area contributed by atoms with E-state index >= 15 is 0 Å². The number of nitrogens with zero attached hydrogens (tertiary/aromatic N) is 2. The standard InChI is InChI=1S/C13H20N2O4S2/c1-13(2,3)14-4-6-15(7-5-14)21(18,19)10-8-11(12(16)17)20-9-10/h8-9H,4-7H2,1-3H3,(H,16,17). The van der Waals surface area contributed by atoms with Crippen LogP contribution in [0.2, 0.25) is 0 Å². The van der Waals surface area contributed by atoms with Gasteiger partial charge in [-0.05, 0) is 26.8 Å². The first kappa shape index (κ1) is 16.4. The van der Waals surface area contributed by atoms with E-state index in [0.717, 1.165) is 11.3 Å². The molecule has 2 rings (SSSR count). The Labute approximate surface area is 129 Å². The van der Waals surface area contributed by atoms with E-state index in [0.29, 0.717) is 26.2 Å². The molecule has 8 heteroatoms. The Kier molecular flexibility index (Phi) is 4.44. The van der Waals surface area contributed by atoms with E-state index in [1.807, 2.05) is 0 Å². The Morgan fingerprint density at radius 2 is 1.81 bits per heavy atom. The number of piperazine rings is 1. The zero-order valence-electron chi connectivity index (χ0n) is 12.4. The molecule has 1 aliphatic heterocycles. The predicted molar refractivity (Wildman–Crippen MR) is 81.4 cm³/mol. The summed E-state index contributed by atoms with van der Waals surface area (Å²) in [5.41, 5.74) is 0.0225. The molecule has 0 aromatic carbocycles. The molecular formula is C13H20N2O4S2. The quantitative estimate of drug-likeness (QED) is 0.909. The highest BCUT2D eigenvalue weighted by Crippen LogP contribution is 2.25. The van der Waals surface area contributed by atoms with E-state index in [-0.39, 0.29) is 15.3 Å². The van der Waals surface area contributed by atoms with Crippen LogP contribution in [0.3, 0.4) is 0 Å². The van der Waals surface area contributed by atoms with Crippen molar-refractivity contribution in [2.24, 2.45) is 0 Å². The van der Waals surface area contributed by atoms with Gasteiger partial charge in [-0.3, -0.25) is 4.90 Å². The van der Waals surface area contributed by atoms with E-state index in [2.05, 4.69) is 25.7 Å². The second-order valence-electron chi connectivity index (χ2n) is 6.01. The summed E-state index contributed by atoms with van der Waals surface area (Å²) in [5, 5.41) is 10.3. The van der Waals surface area contributed by atoms with Crippen molar-refractivity contribution in [2.75, 3.05) is 26.2 Å². The highest BCUT2D eigenvalue weighted by Gasteiger charge is 2.32. The van der Waals surface area contributed by atoms with Crippen LogP contribution in [0.5, 0.6) is 0 Å². The van der Waals surface area contributed by atoms with Crippen LogP contribution < -0.4 is 0 Å². The average molecular weight is 332 g/mol. The number of hydrogen-bond acceptors (Lipinski definition) is 5. The molecule has 118 valence electrons. The predicted octanol–water partition coefficient (Wildman–Crippen LogP) is 1.55. The number of thiophene rings is 1. The SMILES string of the molecule is CC(C)(C)N1CCN(S(=O)(=O)c2csc(C(=O)O)c2)CC1. The van der Waals surface area contributed by atoms with Gasteiger partial charge in [0.1, 0.15) is 4.88 Å². The first-order valence-corrected chi connectivity index (χ1v) is 9.01. The summed E-state index contributed by atoms with van der Waals surface area (Å²) in [5.74, 6) is -1.10. The summed E-state index contributed by atoms with van der Waals surface area (Å²) >= 11 is 0.938. The van der Waals surface area contributed by atoms with Gasteiger partial charge in [-0.1, -0.05) is 0 Å². The van der Waals surface area contributed by atoms with E-state index in [9.17, 15) is 13.2 Å². The lowest BCUT2D eigenvalue weighted by molar-refractivity contribution is 0.0702. The van der Waals surface area contributed by atoms with Crippen LogP contribution in [0.4, 0.5) is 0 Å². The van der Waals surface area contributed by atoms with Gasteiger partial charge in [0.2, 0.25) is 10.0 Å². The minimum absolute atomic E-state index is 0.0225. The monoisotopic (exact) mass is 332 g/mol. The number of aromatic carboxylic acids is 1. The lowest BCUT2D eigenvalue weighted by Crippen LogP contribution is -2.54. The maximum Gasteiger partial charge on any atom is 0.345 e. The molecule has 0 saturated carbocycles. The molecule has 0 radical (unpaired) electrons. The van der Waals surface area contributed by atoms with Crippen LogP contribution in [-0.4, -0.2) is 60.4 Å². The molecule has 0 atom stereocenters. The number of carbonyl (C=O) groups is 1. The Balaban J connectivity index is 2.13. The van der Waals surface area contributed by atoms with E-state index in [4.69, 9.17) is 5.11 Å². The van der Waals surface area contributed by atoms with Crippen LogP contribution in [0, 0.1) is 0 Å². The third-order valence-corrected chi connectivity index (χ3v) is 6.56. The third-order valence-electron chi connectivity index (χ3n) is 3.61. The summed E-state index contributed by atoms with van der Waals surface area (Å²) in [6.45, 7) is 8.53. The molecule has 21 heavy (non-hydrogen) atoms. The number of sulfonamides is 1. The van der Waals surface area contributed by atoms with Crippen molar-refractivity contribution in [3.8, 4) is 0 Å². The minimum atomic E-state index is -3.59. The molecule has 0 unspecified atom stereocenters. The molecule has 1 fully saturated rings. The van der Waals surface area contributed by atoms with Gasteiger partial charge >= 0.3 is 5.97 Å². The summed E-state index contributed by atoms with van der Waals surface area (Å²) in [7, 11) is -3.59. The maximum atomic E-state index is 12.5. The molecule has 1 N–H and O–H groups in total. The van der Waals surface area contributed by atoms with Crippen LogP contribution in [0.1, 0.15) is 30.4 Å². The highest BCUT2D eigenvalue weighted by atomic mass is 32.2. The van der Waals surface area contributed by atoms with E-state index in [1.165, 1.54) is 15.8 Å². The summed E-state index contributed by atoms with van der Waals surface area (Å²) in [6, 6.07) is 1.23. The molecule has 1 aliphatic rings. The van der Waals surface area contributed by atoms with Crippen molar-refractivity contribution in [3.63, 3.8) is 0 Å². The molecule has 0 amide bonds. The second-order valence-corrected chi connectivity index (χ2v) is 8.86. The van der Waals surface area contributed by atoms with Crippen molar-refractivity contribution < 1.29 is 18.3 Å². The van der Waals surface area contributed by atoms with Crippen molar-refractivity contribution >= 4 is 27.3 Å². The number of hydrogen-bond donors (Lipinski definition) is 1. The van der Waals surface area contributed by atoms with Gasteiger partial charge in [0.25, 0.3) is 0 Å². The summed E-state index contributed by atoms with van der Waals surface area (Å²) in [6.07, 6.45) is 0. The van der Waals surface area contributed by atoms with Crippen LogP contribution >= 0.6 is 11.3 Å². The largest absolute Gasteiger partial charge is 0.477 e. The maximum absolute atomic E-state index is 12.5. The molecule has 0 bridgehead atoms. The molecule has 1 saturated heterocycles. The average Bonchev–Trinajstić information content (AvgIpc) is 2.88. The van der Waals surface area contributed by atoms with Crippen molar-refractivity contribution in [2.45, 2.75) is 31.2 Å². The van der Waals surface area contributed by atoms with Gasteiger partial charge < -0.3 is 5.11 Å². The zero-order chi connectivity index (χ0) is 15.8. The third kappa shape index (κ3) is 3.45. The van der Waals surface area contributed by atoms with Gasteiger partial charge in [-0.15, -0.1) is 11.3 Å². The smallest absolute Gasteiger partial charge is 0.345 e. The normalized spacial score (nSPS) is 18.8. The first-order valence-electron chi connectivity index (χ1n) is 6.69. The highest BCUT2D eigenvalue weighted by molar-refractivity contribution is 7.89. The molecule has 0 spiro atoms. The Bertz CT molecular complexity index is 623. The summed E-state index contributed by atoms with van der Waals surface area (Å²) in [4.78, 5) is 13.2. The van der Waals surface area contributed by atoms with Crippen LogP contribution in [0.15, 0.2) is 16.3 Å². The fraction of sp³-hybridized carbons (Fsp3) is 0.615.